The molecule has 0 aromatic rings. The van der Waals surface area contributed by atoms with Crippen LogP contribution in [0.5, 0.6) is 0 Å². The molecule has 0 aliphatic heterocycles. The maximum Gasteiger partial charge on any atom is 0.303 e. The quantitative estimate of drug-likeness (QED) is 0.567. The van der Waals surface area contributed by atoms with Crippen LogP contribution in [0.25, 0.3) is 0 Å². The Hall–Kier alpha value is -1.72. The molecule has 2 unspecified atom stereocenters. The molecule has 0 radical (unpaired) electrons. The number of ketones is 2. The molecular formula is C16H24O6. The van der Waals surface area contributed by atoms with Crippen molar-refractivity contribution in [3.63, 3.8) is 0 Å². The van der Waals surface area contributed by atoms with E-state index in [1.54, 1.807) is 0 Å². The molecule has 124 valence electrons. The van der Waals surface area contributed by atoms with Gasteiger partial charge in [-0.15, -0.1) is 0 Å². The van der Waals surface area contributed by atoms with E-state index in [0.717, 1.165) is 6.42 Å². The van der Waals surface area contributed by atoms with Crippen molar-refractivity contribution in [1.29, 1.82) is 0 Å². The van der Waals surface area contributed by atoms with E-state index in [0.29, 0.717) is 44.9 Å². The van der Waals surface area contributed by atoms with Gasteiger partial charge >= 0.3 is 11.9 Å². The molecule has 0 aromatic heterocycles. The van der Waals surface area contributed by atoms with E-state index < -0.39 is 11.9 Å². The maximum absolute atomic E-state index is 11.9. The van der Waals surface area contributed by atoms with Gasteiger partial charge in [0.05, 0.1) is 0 Å². The maximum atomic E-state index is 11.9. The zero-order valence-electron chi connectivity index (χ0n) is 12.8. The Labute approximate surface area is 129 Å². The second kappa shape index (κ2) is 9.33. The topological polar surface area (TPSA) is 109 Å². The van der Waals surface area contributed by atoms with Gasteiger partial charge in [-0.1, -0.05) is 0 Å². The third kappa shape index (κ3) is 6.83. The first-order valence-corrected chi connectivity index (χ1v) is 7.88. The normalized spacial score (nSPS) is 21.0. The predicted molar refractivity (Wildman–Crippen MR) is 78.4 cm³/mol. The molecule has 0 heterocycles. The summed E-state index contributed by atoms with van der Waals surface area (Å²) in [6, 6.07) is 0. The Kier molecular flexibility index (Phi) is 7.77. The SMILES string of the molecule is O=C(O)CCCCC(=O)CCC1C(=O)CCC1CCC(=O)O. The Morgan fingerprint density at radius 2 is 1.55 bits per heavy atom. The van der Waals surface area contributed by atoms with Crippen LogP contribution in [0.1, 0.15) is 64.2 Å². The van der Waals surface area contributed by atoms with Gasteiger partial charge in [0.15, 0.2) is 0 Å². The molecule has 1 rings (SSSR count). The zero-order chi connectivity index (χ0) is 16.5. The molecule has 0 aromatic carbocycles. The van der Waals surface area contributed by atoms with Crippen LogP contribution in [0.4, 0.5) is 0 Å². The summed E-state index contributed by atoms with van der Waals surface area (Å²) < 4.78 is 0. The van der Waals surface area contributed by atoms with E-state index in [9.17, 15) is 19.2 Å². The Morgan fingerprint density at radius 1 is 0.909 bits per heavy atom. The predicted octanol–water partition coefficient (Wildman–Crippen LogP) is 2.44. The summed E-state index contributed by atoms with van der Waals surface area (Å²) in [5.74, 6) is -1.60. The van der Waals surface area contributed by atoms with Crippen LogP contribution in [-0.4, -0.2) is 33.7 Å². The molecule has 1 aliphatic rings. The fraction of sp³-hybridized carbons (Fsp3) is 0.750. The van der Waals surface area contributed by atoms with Crippen molar-refractivity contribution < 1.29 is 29.4 Å². The van der Waals surface area contributed by atoms with Gasteiger partial charge in [0.1, 0.15) is 11.6 Å². The number of hydrogen-bond donors (Lipinski definition) is 2. The van der Waals surface area contributed by atoms with Crippen molar-refractivity contribution in [2.24, 2.45) is 11.8 Å². The lowest BCUT2D eigenvalue weighted by Gasteiger charge is -2.17. The largest absolute Gasteiger partial charge is 0.481 e. The number of carboxylic acids is 2. The molecule has 22 heavy (non-hydrogen) atoms. The average molecular weight is 312 g/mol. The number of carboxylic acid groups (broad SMARTS) is 2. The van der Waals surface area contributed by atoms with Crippen LogP contribution < -0.4 is 0 Å². The fourth-order valence-electron chi connectivity index (χ4n) is 3.07. The molecule has 6 nitrogen and oxygen atoms in total. The summed E-state index contributed by atoms with van der Waals surface area (Å²) in [7, 11) is 0. The molecule has 6 heteroatoms. The van der Waals surface area contributed by atoms with Crippen LogP contribution in [0.3, 0.4) is 0 Å². The number of carbonyl (C=O) groups is 4. The lowest BCUT2D eigenvalue weighted by Crippen LogP contribution is -2.17. The van der Waals surface area contributed by atoms with Gasteiger partial charge < -0.3 is 10.2 Å². The highest BCUT2D eigenvalue weighted by Gasteiger charge is 2.34. The molecule has 1 aliphatic carbocycles. The van der Waals surface area contributed by atoms with Gasteiger partial charge in [0, 0.05) is 38.0 Å². The summed E-state index contributed by atoms with van der Waals surface area (Å²) in [5.41, 5.74) is 0. The first-order valence-electron chi connectivity index (χ1n) is 7.88. The lowest BCUT2D eigenvalue weighted by atomic mass is 9.86. The van der Waals surface area contributed by atoms with Gasteiger partial charge in [-0.05, 0) is 38.0 Å². The third-order valence-electron chi connectivity index (χ3n) is 4.30. The monoisotopic (exact) mass is 312 g/mol. The summed E-state index contributed by atoms with van der Waals surface area (Å²) in [6.45, 7) is 0. The van der Waals surface area contributed by atoms with Crippen molar-refractivity contribution in [3.05, 3.63) is 0 Å². The van der Waals surface area contributed by atoms with E-state index >= 15 is 0 Å². The minimum atomic E-state index is -0.856. The van der Waals surface area contributed by atoms with E-state index in [-0.39, 0.29) is 36.2 Å². The molecule has 1 saturated carbocycles. The average Bonchev–Trinajstić information content (AvgIpc) is 2.79. The number of unbranched alkanes of at least 4 members (excludes halogenated alkanes) is 1. The first-order chi connectivity index (χ1) is 10.4. The highest BCUT2D eigenvalue weighted by molar-refractivity contribution is 5.85. The van der Waals surface area contributed by atoms with Gasteiger partial charge in [-0.3, -0.25) is 19.2 Å². The highest BCUT2D eigenvalue weighted by atomic mass is 16.4. The molecule has 0 bridgehead atoms. The van der Waals surface area contributed by atoms with Crippen molar-refractivity contribution in [1.82, 2.24) is 0 Å². The van der Waals surface area contributed by atoms with Gasteiger partial charge in [0.25, 0.3) is 0 Å². The number of carbonyl (C=O) groups excluding carboxylic acids is 2. The summed E-state index contributed by atoms with van der Waals surface area (Å²) in [4.78, 5) is 44.6. The van der Waals surface area contributed by atoms with Crippen molar-refractivity contribution in [2.75, 3.05) is 0 Å². The van der Waals surface area contributed by atoms with Crippen molar-refractivity contribution in [3.8, 4) is 0 Å². The summed E-state index contributed by atoms with van der Waals surface area (Å²) >= 11 is 0. The lowest BCUT2D eigenvalue weighted by molar-refractivity contribution is -0.138. The second-order valence-corrected chi connectivity index (χ2v) is 5.98. The van der Waals surface area contributed by atoms with Gasteiger partial charge in [-0.25, -0.2) is 0 Å². The Morgan fingerprint density at radius 3 is 2.18 bits per heavy atom. The number of hydrogen-bond acceptors (Lipinski definition) is 4. The molecule has 1 fully saturated rings. The van der Waals surface area contributed by atoms with Crippen molar-refractivity contribution >= 4 is 23.5 Å². The minimum Gasteiger partial charge on any atom is -0.481 e. The van der Waals surface area contributed by atoms with E-state index in [1.807, 2.05) is 0 Å². The molecule has 0 saturated heterocycles. The highest BCUT2D eigenvalue weighted by Crippen LogP contribution is 2.35. The van der Waals surface area contributed by atoms with Crippen LogP contribution in [-0.2, 0) is 19.2 Å². The molecular weight excluding hydrogens is 288 g/mol. The van der Waals surface area contributed by atoms with Crippen LogP contribution >= 0.6 is 0 Å². The molecule has 2 N–H and O–H groups in total. The van der Waals surface area contributed by atoms with Crippen molar-refractivity contribution in [2.45, 2.75) is 64.2 Å². The first kappa shape index (κ1) is 18.3. The Bertz CT molecular complexity index is 428. The number of rotatable bonds is 11. The third-order valence-corrected chi connectivity index (χ3v) is 4.30. The van der Waals surface area contributed by atoms with Gasteiger partial charge in [-0.2, -0.15) is 0 Å². The standard InChI is InChI=1S/C16H24O6/c17-12(3-1-2-4-15(19)20)7-8-13-11(5-9-14(13)18)6-10-16(21)22/h11,13H,1-10H2,(H,19,20)(H,21,22). The van der Waals surface area contributed by atoms with E-state index in [4.69, 9.17) is 10.2 Å². The molecule has 0 spiro atoms. The zero-order valence-corrected chi connectivity index (χ0v) is 12.8. The fourth-order valence-corrected chi connectivity index (χ4v) is 3.07. The van der Waals surface area contributed by atoms with Gasteiger partial charge in [0.2, 0.25) is 0 Å². The Balaban J connectivity index is 2.28. The number of aliphatic carboxylic acids is 2. The van der Waals surface area contributed by atoms with Crippen LogP contribution in [0, 0.1) is 11.8 Å². The summed E-state index contributed by atoms with van der Waals surface area (Å²) in [6.07, 6.45) is 4.09. The van der Waals surface area contributed by atoms with Crippen LogP contribution in [0.2, 0.25) is 0 Å². The minimum absolute atomic E-state index is 0.0575. The van der Waals surface area contributed by atoms with E-state index in [2.05, 4.69) is 0 Å². The second-order valence-electron chi connectivity index (χ2n) is 5.98. The molecule has 2 atom stereocenters. The van der Waals surface area contributed by atoms with Crippen LogP contribution in [0.15, 0.2) is 0 Å². The summed E-state index contributed by atoms with van der Waals surface area (Å²) in [5, 5.41) is 17.2. The van der Waals surface area contributed by atoms with E-state index in [1.165, 1.54) is 0 Å². The smallest absolute Gasteiger partial charge is 0.303 e. The molecule has 0 amide bonds. The number of Topliss-reactive ketones (excluding diaryl/α,β-unsaturated/α-hetero) is 2.